The first kappa shape index (κ1) is 18.7. The molecule has 3 aliphatic rings. The Bertz CT molecular complexity index is 662. The lowest BCUT2D eigenvalue weighted by Gasteiger charge is -2.42. The van der Waals surface area contributed by atoms with Crippen LogP contribution in [-0.2, 0) is 11.2 Å². The lowest BCUT2D eigenvalue weighted by atomic mass is 9.99. The van der Waals surface area contributed by atoms with Gasteiger partial charge in [0.15, 0.2) is 5.72 Å². The Kier molecular flexibility index (Phi) is 6.15. The van der Waals surface area contributed by atoms with Crippen molar-refractivity contribution >= 4 is 6.09 Å². The number of rotatable bonds is 4. The van der Waals surface area contributed by atoms with Gasteiger partial charge in [0.2, 0.25) is 0 Å². The Morgan fingerprint density at radius 3 is 2.42 bits per heavy atom. The molecule has 0 saturated carbocycles. The first-order chi connectivity index (χ1) is 12.5. The second kappa shape index (κ2) is 8.54. The number of hydrogen-bond acceptors (Lipinski definition) is 3. The summed E-state index contributed by atoms with van der Waals surface area (Å²) in [5.74, 6) is 0.898. The van der Waals surface area contributed by atoms with Crippen molar-refractivity contribution in [3.05, 3.63) is 59.7 Å². The van der Waals surface area contributed by atoms with E-state index in [4.69, 9.17) is 10.5 Å². The predicted octanol–water partition coefficient (Wildman–Crippen LogP) is 4.42. The summed E-state index contributed by atoms with van der Waals surface area (Å²) in [5, 5.41) is 0. The number of hydrogen-bond donors (Lipinski definition) is 1. The molecule has 0 radical (unpaired) electrons. The number of ether oxygens (including phenoxy) is 1. The van der Waals surface area contributed by atoms with Crippen LogP contribution in [0.2, 0.25) is 0 Å². The number of primary amides is 1. The molecule has 26 heavy (non-hydrogen) atoms. The highest BCUT2D eigenvalue weighted by atomic mass is 16.6. The van der Waals surface area contributed by atoms with Crippen LogP contribution in [-0.4, -0.2) is 29.8 Å². The number of piperidine rings is 1. The third-order valence-corrected chi connectivity index (χ3v) is 5.48. The van der Waals surface area contributed by atoms with Crippen LogP contribution in [0.3, 0.4) is 0 Å². The highest BCUT2D eigenvalue weighted by Crippen LogP contribution is 2.32. The van der Waals surface area contributed by atoms with Crippen molar-refractivity contribution in [2.24, 2.45) is 11.7 Å². The average Bonchev–Trinajstić information content (AvgIpc) is 3.29. The average molecular weight is 354 g/mol. The zero-order valence-electron chi connectivity index (χ0n) is 15.7. The molecule has 2 atom stereocenters. The fraction of sp³-hybridized carbons (Fsp3) is 0.500. The summed E-state index contributed by atoms with van der Waals surface area (Å²) < 4.78 is 5.45. The van der Waals surface area contributed by atoms with Crippen molar-refractivity contribution in [3.8, 4) is 0 Å². The molecule has 1 amide bonds. The molecule has 0 spiro atoms. The maximum atomic E-state index is 11.2. The van der Waals surface area contributed by atoms with E-state index in [1.54, 1.807) is 5.57 Å². The van der Waals surface area contributed by atoms with Crippen molar-refractivity contribution in [2.45, 2.75) is 51.2 Å². The Labute approximate surface area is 156 Å². The molecule has 4 nitrogen and oxygen atoms in total. The topological polar surface area (TPSA) is 55.6 Å². The molecule has 2 aliphatic carbocycles. The van der Waals surface area contributed by atoms with E-state index in [1.165, 1.54) is 19.3 Å². The summed E-state index contributed by atoms with van der Waals surface area (Å²) in [6.45, 7) is 3.86. The van der Waals surface area contributed by atoms with E-state index in [1.807, 2.05) is 37.3 Å². The van der Waals surface area contributed by atoms with Gasteiger partial charge in [-0.05, 0) is 44.1 Å². The maximum Gasteiger partial charge on any atom is 0.406 e. The van der Waals surface area contributed by atoms with Crippen LogP contribution in [0, 0.1) is 5.92 Å². The summed E-state index contributed by atoms with van der Waals surface area (Å²) >= 11 is 0. The highest BCUT2D eigenvalue weighted by molar-refractivity contribution is 5.65. The third-order valence-electron chi connectivity index (χ3n) is 5.48. The number of fused-ring (bicyclic) bond motifs is 2. The van der Waals surface area contributed by atoms with Crippen LogP contribution < -0.4 is 5.73 Å². The van der Waals surface area contributed by atoms with Crippen molar-refractivity contribution in [3.63, 3.8) is 0 Å². The maximum absolute atomic E-state index is 11.2. The minimum atomic E-state index is -0.705. The molecule has 4 heteroatoms. The predicted molar refractivity (Wildman–Crippen MR) is 105 cm³/mol. The van der Waals surface area contributed by atoms with E-state index in [2.05, 4.69) is 23.1 Å². The van der Waals surface area contributed by atoms with Crippen molar-refractivity contribution < 1.29 is 9.53 Å². The normalized spacial score (nSPS) is 23.6. The van der Waals surface area contributed by atoms with E-state index < -0.39 is 11.8 Å². The molecule has 2 unspecified atom stereocenters. The number of carbonyl (C=O) groups excluding carboxylic acids is 1. The zero-order valence-corrected chi connectivity index (χ0v) is 15.7. The van der Waals surface area contributed by atoms with Crippen LogP contribution >= 0.6 is 0 Å². The second-order valence-electron chi connectivity index (χ2n) is 7.64. The number of carbonyl (C=O) groups is 1. The van der Waals surface area contributed by atoms with Gasteiger partial charge in [0, 0.05) is 19.5 Å². The first-order valence-corrected chi connectivity index (χ1v) is 9.70. The number of likely N-dealkylation sites (tertiary alicyclic amines) is 1. The molecular formula is C22H30N2O2. The minimum Gasteiger partial charge on any atom is -0.428 e. The Balaban J connectivity index is 0.000000229. The summed E-state index contributed by atoms with van der Waals surface area (Å²) in [6, 6.07) is 10.1. The Morgan fingerprint density at radius 1 is 1.23 bits per heavy atom. The van der Waals surface area contributed by atoms with E-state index in [-0.39, 0.29) is 0 Å². The fourth-order valence-electron chi connectivity index (χ4n) is 4.09. The van der Waals surface area contributed by atoms with Gasteiger partial charge in [0.1, 0.15) is 0 Å². The van der Waals surface area contributed by atoms with Crippen molar-refractivity contribution in [1.29, 1.82) is 0 Å². The van der Waals surface area contributed by atoms with Gasteiger partial charge >= 0.3 is 6.09 Å². The van der Waals surface area contributed by atoms with E-state index in [9.17, 15) is 4.79 Å². The fourth-order valence-corrected chi connectivity index (χ4v) is 4.09. The quantitative estimate of drug-likeness (QED) is 0.871. The molecule has 4 rings (SSSR count). The molecule has 1 saturated heterocycles. The number of allylic oxidation sites excluding steroid dienone is 4. The van der Waals surface area contributed by atoms with Gasteiger partial charge in [0.05, 0.1) is 0 Å². The van der Waals surface area contributed by atoms with E-state index in [0.29, 0.717) is 6.42 Å². The number of amides is 1. The molecule has 1 aromatic carbocycles. The van der Waals surface area contributed by atoms with Crippen molar-refractivity contribution in [2.75, 3.05) is 13.1 Å². The van der Waals surface area contributed by atoms with Gasteiger partial charge in [-0.3, -0.25) is 4.90 Å². The number of nitrogens with zero attached hydrogens (tertiary/aromatic N) is 1. The molecule has 1 aliphatic heterocycles. The van der Waals surface area contributed by atoms with Gasteiger partial charge < -0.3 is 10.5 Å². The molecule has 0 aromatic heterocycles. The van der Waals surface area contributed by atoms with E-state index >= 15 is 0 Å². The third kappa shape index (κ3) is 4.98. The highest BCUT2D eigenvalue weighted by Gasteiger charge is 2.36. The summed E-state index contributed by atoms with van der Waals surface area (Å²) in [5.41, 5.74) is 7.32. The van der Waals surface area contributed by atoms with Crippen LogP contribution in [0.4, 0.5) is 4.79 Å². The minimum absolute atomic E-state index is 0.645. The first-order valence-electron chi connectivity index (χ1n) is 9.70. The molecule has 2 bridgehead atoms. The molecular weight excluding hydrogens is 324 g/mol. The monoisotopic (exact) mass is 354 g/mol. The van der Waals surface area contributed by atoms with Crippen LogP contribution in [0.25, 0.3) is 0 Å². The lowest BCUT2D eigenvalue weighted by Crippen LogP contribution is -2.53. The second-order valence-corrected chi connectivity index (χ2v) is 7.64. The van der Waals surface area contributed by atoms with Gasteiger partial charge in [-0.1, -0.05) is 60.6 Å². The molecule has 140 valence electrons. The van der Waals surface area contributed by atoms with Crippen molar-refractivity contribution in [1.82, 2.24) is 4.90 Å². The summed E-state index contributed by atoms with van der Waals surface area (Å²) in [4.78, 5) is 13.5. The summed E-state index contributed by atoms with van der Waals surface area (Å²) in [7, 11) is 0. The standard InChI is InChI=1S/C15H22N2O2.C7H8/c1-15(19-14(16)18,17-10-6-3-7-11-17)12-13-8-4-2-5-9-13;1-2-7-4-3-6(1)5-7/h2,4-5,8-9H,3,6-7,10-12H2,1H3,(H2,16,18);1-3,7H,4-5H2. The number of benzene rings is 1. The largest absolute Gasteiger partial charge is 0.428 e. The van der Waals surface area contributed by atoms with Gasteiger partial charge in [0.25, 0.3) is 0 Å². The Hall–Kier alpha value is -2.07. The zero-order chi connectivity index (χ0) is 18.4. The van der Waals surface area contributed by atoms with Gasteiger partial charge in [-0.15, -0.1) is 0 Å². The van der Waals surface area contributed by atoms with Crippen LogP contribution in [0.5, 0.6) is 0 Å². The van der Waals surface area contributed by atoms with Crippen LogP contribution in [0.15, 0.2) is 54.1 Å². The number of nitrogens with two attached hydrogens (primary N) is 1. The summed E-state index contributed by atoms with van der Waals surface area (Å²) in [6.07, 6.45) is 13.0. The van der Waals surface area contributed by atoms with Gasteiger partial charge in [-0.25, -0.2) is 4.79 Å². The van der Waals surface area contributed by atoms with Crippen LogP contribution in [0.1, 0.15) is 44.6 Å². The smallest absolute Gasteiger partial charge is 0.406 e. The van der Waals surface area contributed by atoms with Gasteiger partial charge in [-0.2, -0.15) is 0 Å². The van der Waals surface area contributed by atoms with E-state index in [0.717, 1.165) is 37.4 Å². The molecule has 1 aromatic rings. The Morgan fingerprint density at radius 2 is 1.96 bits per heavy atom. The molecule has 1 heterocycles. The molecule has 1 fully saturated rings. The lowest BCUT2D eigenvalue weighted by molar-refractivity contribution is -0.104. The molecule has 2 N–H and O–H groups in total. The SMILES string of the molecule is C1=CC2CC=C1C2.CC(Cc1ccccc1)(OC(N)=O)N1CCCCC1.